The van der Waals surface area contributed by atoms with Crippen molar-refractivity contribution in [3.05, 3.63) is 66.0 Å². The van der Waals surface area contributed by atoms with E-state index in [9.17, 15) is 9.18 Å². The summed E-state index contributed by atoms with van der Waals surface area (Å²) in [6.07, 6.45) is 0. The number of amides is 1. The van der Waals surface area contributed by atoms with E-state index in [2.05, 4.69) is 12.2 Å². The molecule has 3 nitrogen and oxygen atoms in total. The van der Waals surface area contributed by atoms with E-state index in [-0.39, 0.29) is 23.8 Å². The maximum Gasteiger partial charge on any atom is 0.282 e. The van der Waals surface area contributed by atoms with Crippen molar-refractivity contribution in [1.82, 2.24) is 0 Å². The van der Waals surface area contributed by atoms with Crippen LogP contribution < -0.4 is 10.6 Å². The minimum Gasteiger partial charge on any atom is -0.330 e. The Morgan fingerprint density at radius 3 is 2.48 bits per heavy atom. The van der Waals surface area contributed by atoms with Crippen LogP contribution in [0.5, 0.6) is 0 Å². The highest BCUT2D eigenvalue weighted by Crippen LogP contribution is 2.10. The highest BCUT2D eigenvalue weighted by molar-refractivity contribution is 5.93. The quantitative estimate of drug-likeness (QED) is 0.872. The Morgan fingerprint density at radius 1 is 1.10 bits per heavy atom. The minimum atomic E-state index is -0.359. The van der Waals surface area contributed by atoms with Crippen LogP contribution in [-0.2, 0) is 4.79 Å². The van der Waals surface area contributed by atoms with Crippen molar-refractivity contribution in [3.63, 3.8) is 0 Å². The third-order valence-electron chi connectivity index (χ3n) is 3.41. The van der Waals surface area contributed by atoms with Crippen molar-refractivity contribution in [2.24, 2.45) is 0 Å². The summed E-state index contributed by atoms with van der Waals surface area (Å²) in [5.74, 6) is -0.495. The van der Waals surface area contributed by atoms with Gasteiger partial charge in [-0.2, -0.15) is 0 Å². The molecule has 0 fully saturated rings. The molecule has 0 radical (unpaired) electrons. The predicted octanol–water partition coefficient (Wildman–Crippen LogP) is 2.48. The van der Waals surface area contributed by atoms with E-state index < -0.39 is 0 Å². The number of carbonyl (C=O) groups excluding carboxylic acids is 1. The number of anilines is 1. The van der Waals surface area contributed by atoms with Gasteiger partial charge in [0.05, 0.1) is 0 Å². The predicted molar refractivity (Wildman–Crippen MR) is 81.3 cm³/mol. The lowest BCUT2D eigenvalue weighted by atomic mass is 10.1. The maximum absolute atomic E-state index is 13.1. The van der Waals surface area contributed by atoms with Crippen LogP contribution in [-0.4, -0.2) is 11.9 Å². The van der Waals surface area contributed by atoms with Gasteiger partial charge in [0, 0.05) is 11.3 Å². The SMILES string of the molecule is C[C@H]([NH2+][C@H](C)C(=O)Nc1cccc(F)c1)c1ccccc1. The number of rotatable bonds is 5. The molecule has 0 heterocycles. The molecule has 0 saturated carbocycles. The number of hydrogen-bond acceptors (Lipinski definition) is 1. The zero-order valence-electron chi connectivity index (χ0n) is 12.2. The number of benzene rings is 2. The Hall–Kier alpha value is -2.20. The van der Waals surface area contributed by atoms with E-state index >= 15 is 0 Å². The maximum atomic E-state index is 13.1. The molecule has 0 saturated heterocycles. The van der Waals surface area contributed by atoms with Crippen LogP contribution in [0.1, 0.15) is 25.5 Å². The van der Waals surface area contributed by atoms with Gasteiger partial charge in [0.25, 0.3) is 5.91 Å². The molecule has 0 aliphatic heterocycles. The van der Waals surface area contributed by atoms with Gasteiger partial charge in [-0.3, -0.25) is 4.79 Å². The Kier molecular flexibility index (Phi) is 5.06. The van der Waals surface area contributed by atoms with Gasteiger partial charge < -0.3 is 10.6 Å². The molecule has 0 bridgehead atoms. The first-order valence-electron chi connectivity index (χ1n) is 7.02. The first-order chi connectivity index (χ1) is 10.1. The van der Waals surface area contributed by atoms with Crippen molar-refractivity contribution in [1.29, 1.82) is 0 Å². The topological polar surface area (TPSA) is 45.7 Å². The zero-order valence-corrected chi connectivity index (χ0v) is 12.2. The molecule has 2 aromatic carbocycles. The Bertz CT molecular complexity index is 601. The van der Waals surface area contributed by atoms with Gasteiger partial charge in [-0.15, -0.1) is 0 Å². The third-order valence-corrected chi connectivity index (χ3v) is 3.41. The zero-order chi connectivity index (χ0) is 15.2. The average Bonchev–Trinajstić information content (AvgIpc) is 2.48. The van der Waals surface area contributed by atoms with E-state index in [0.29, 0.717) is 5.69 Å². The van der Waals surface area contributed by atoms with E-state index in [4.69, 9.17) is 0 Å². The lowest BCUT2D eigenvalue weighted by Gasteiger charge is -2.16. The largest absolute Gasteiger partial charge is 0.330 e. The summed E-state index contributed by atoms with van der Waals surface area (Å²) < 4.78 is 13.1. The van der Waals surface area contributed by atoms with Crippen LogP contribution in [0.3, 0.4) is 0 Å². The number of nitrogens with one attached hydrogen (secondary N) is 1. The highest BCUT2D eigenvalue weighted by Gasteiger charge is 2.20. The van der Waals surface area contributed by atoms with Crippen molar-refractivity contribution in [3.8, 4) is 0 Å². The van der Waals surface area contributed by atoms with E-state index in [0.717, 1.165) is 0 Å². The fraction of sp³-hybridized carbons (Fsp3) is 0.235. The fourth-order valence-corrected chi connectivity index (χ4v) is 2.21. The molecular formula is C17H20FN2O+. The van der Waals surface area contributed by atoms with Gasteiger partial charge in [0.15, 0.2) is 6.04 Å². The second kappa shape index (κ2) is 6.99. The lowest BCUT2D eigenvalue weighted by molar-refractivity contribution is -0.709. The van der Waals surface area contributed by atoms with Gasteiger partial charge in [-0.05, 0) is 32.0 Å². The standard InChI is InChI=1S/C17H19FN2O/c1-12(14-7-4-3-5-8-14)19-13(2)17(21)20-16-10-6-9-15(18)11-16/h3-13,19H,1-2H3,(H,20,21)/p+1/t12-,13+/m0/s1. The molecule has 21 heavy (non-hydrogen) atoms. The van der Waals surface area contributed by atoms with Gasteiger partial charge in [0.1, 0.15) is 11.9 Å². The highest BCUT2D eigenvalue weighted by atomic mass is 19.1. The molecule has 3 N–H and O–H groups in total. The number of nitrogens with two attached hydrogens (primary N) is 1. The van der Waals surface area contributed by atoms with Crippen LogP contribution in [0, 0.1) is 5.82 Å². The molecule has 0 aliphatic carbocycles. The van der Waals surface area contributed by atoms with Crippen molar-refractivity contribution >= 4 is 11.6 Å². The van der Waals surface area contributed by atoms with Gasteiger partial charge in [0.2, 0.25) is 0 Å². The van der Waals surface area contributed by atoms with E-state index in [1.54, 1.807) is 12.1 Å². The number of halogens is 1. The molecule has 110 valence electrons. The molecular weight excluding hydrogens is 267 g/mol. The fourth-order valence-electron chi connectivity index (χ4n) is 2.21. The summed E-state index contributed by atoms with van der Waals surface area (Å²) >= 11 is 0. The first-order valence-corrected chi connectivity index (χ1v) is 7.02. The molecule has 1 amide bonds. The smallest absolute Gasteiger partial charge is 0.282 e. The van der Waals surface area contributed by atoms with Gasteiger partial charge >= 0.3 is 0 Å². The van der Waals surface area contributed by atoms with Crippen LogP contribution >= 0.6 is 0 Å². The normalized spacial score (nSPS) is 13.5. The number of quaternary nitrogens is 1. The van der Waals surface area contributed by atoms with E-state index in [1.165, 1.54) is 17.7 Å². The number of hydrogen-bond donors (Lipinski definition) is 2. The Labute approximate surface area is 124 Å². The minimum absolute atomic E-state index is 0.136. The summed E-state index contributed by atoms with van der Waals surface area (Å²) in [5.41, 5.74) is 1.65. The van der Waals surface area contributed by atoms with Gasteiger partial charge in [-0.1, -0.05) is 36.4 Å². The molecule has 0 aromatic heterocycles. The molecule has 4 heteroatoms. The van der Waals surface area contributed by atoms with Crippen LogP contribution in [0.2, 0.25) is 0 Å². The van der Waals surface area contributed by atoms with Gasteiger partial charge in [-0.25, -0.2) is 4.39 Å². The summed E-state index contributed by atoms with van der Waals surface area (Å²) in [6.45, 7) is 3.90. The summed E-state index contributed by atoms with van der Waals surface area (Å²) in [6, 6.07) is 15.8. The number of carbonyl (C=O) groups is 1. The Morgan fingerprint density at radius 2 is 1.81 bits per heavy atom. The van der Waals surface area contributed by atoms with Crippen LogP contribution in [0.4, 0.5) is 10.1 Å². The third kappa shape index (κ3) is 4.39. The first kappa shape index (κ1) is 15.2. The van der Waals surface area contributed by atoms with Crippen LogP contribution in [0.25, 0.3) is 0 Å². The second-order valence-corrected chi connectivity index (χ2v) is 5.18. The van der Waals surface area contributed by atoms with Crippen molar-refractivity contribution in [2.75, 3.05) is 5.32 Å². The molecule has 0 aliphatic rings. The molecule has 0 spiro atoms. The average molecular weight is 287 g/mol. The molecule has 0 unspecified atom stereocenters. The van der Waals surface area contributed by atoms with Crippen molar-refractivity contribution < 1.29 is 14.5 Å². The summed E-state index contributed by atoms with van der Waals surface area (Å²) in [4.78, 5) is 12.1. The second-order valence-electron chi connectivity index (χ2n) is 5.18. The van der Waals surface area contributed by atoms with Crippen LogP contribution in [0.15, 0.2) is 54.6 Å². The summed E-state index contributed by atoms with van der Waals surface area (Å²) in [5, 5.41) is 4.72. The summed E-state index contributed by atoms with van der Waals surface area (Å²) in [7, 11) is 0. The molecule has 2 aromatic rings. The molecule has 2 rings (SSSR count). The lowest BCUT2D eigenvalue weighted by Crippen LogP contribution is -2.91. The Balaban J connectivity index is 1.93. The van der Waals surface area contributed by atoms with E-state index in [1.807, 2.05) is 42.6 Å². The molecule has 2 atom stereocenters. The van der Waals surface area contributed by atoms with Crippen molar-refractivity contribution in [2.45, 2.75) is 25.9 Å². The monoisotopic (exact) mass is 287 g/mol.